The molecule has 1 atom stereocenters. The molecule has 0 fully saturated rings. The van der Waals surface area contributed by atoms with E-state index in [4.69, 9.17) is 0 Å². The molecule has 90 valence electrons. The summed E-state index contributed by atoms with van der Waals surface area (Å²) in [6.45, 7) is 2.10. The lowest BCUT2D eigenvalue weighted by molar-refractivity contribution is 0.209. The number of halogens is 1. The average molecular weight is 296 g/mol. The van der Waals surface area contributed by atoms with Crippen LogP contribution in [0.25, 0.3) is 0 Å². The average Bonchev–Trinajstić information content (AvgIpc) is 2.68. The Balaban J connectivity index is 2.33. The van der Waals surface area contributed by atoms with Gasteiger partial charge < -0.3 is 5.11 Å². The molecule has 17 heavy (non-hydrogen) atoms. The van der Waals surface area contributed by atoms with Crippen LogP contribution in [0.1, 0.15) is 29.8 Å². The molecule has 0 aliphatic carbocycles. The van der Waals surface area contributed by atoms with Gasteiger partial charge in [0, 0.05) is 7.05 Å². The molecule has 0 aliphatic rings. The highest BCUT2D eigenvalue weighted by molar-refractivity contribution is 9.10. The van der Waals surface area contributed by atoms with E-state index in [9.17, 15) is 5.11 Å². The molecule has 0 radical (unpaired) electrons. The second-order valence-electron chi connectivity index (χ2n) is 3.89. The number of hydrogen-bond donors (Lipinski definition) is 1. The number of aliphatic hydroxyl groups excluding tert-OH is 1. The van der Waals surface area contributed by atoms with Gasteiger partial charge in [0.05, 0.1) is 0 Å². The molecular weight excluding hydrogens is 282 g/mol. The van der Waals surface area contributed by atoms with Crippen LogP contribution in [0.5, 0.6) is 0 Å². The van der Waals surface area contributed by atoms with Gasteiger partial charge in [-0.3, -0.25) is 0 Å². The third-order valence-corrected chi connectivity index (χ3v) is 3.35. The quantitative estimate of drug-likeness (QED) is 0.945. The molecule has 0 bridgehead atoms. The first-order valence-corrected chi connectivity index (χ1v) is 6.24. The van der Waals surface area contributed by atoms with Gasteiger partial charge in [0.2, 0.25) is 0 Å². The Bertz CT molecular complexity index is 487. The third-order valence-electron chi connectivity index (χ3n) is 2.79. The van der Waals surface area contributed by atoms with Gasteiger partial charge in [-0.15, -0.1) is 5.10 Å². The Morgan fingerprint density at radius 1 is 1.35 bits per heavy atom. The zero-order valence-corrected chi connectivity index (χ0v) is 11.3. The van der Waals surface area contributed by atoms with E-state index in [1.807, 2.05) is 24.3 Å². The van der Waals surface area contributed by atoms with Crippen LogP contribution in [0.3, 0.4) is 0 Å². The lowest BCUT2D eigenvalue weighted by Gasteiger charge is -2.11. The van der Waals surface area contributed by atoms with Crippen LogP contribution in [0.2, 0.25) is 0 Å². The van der Waals surface area contributed by atoms with Crippen molar-refractivity contribution in [3.05, 3.63) is 45.7 Å². The van der Waals surface area contributed by atoms with Gasteiger partial charge in [0.15, 0.2) is 4.60 Å². The molecule has 0 spiro atoms. The largest absolute Gasteiger partial charge is 0.382 e. The van der Waals surface area contributed by atoms with Crippen LogP contribution in [0.4, 0.5) is 0 Å². The lowest BCUT2D eigenvalue weighted by atomic mass is 10.0. The summed E-state index contributed by atoms with van der Waals surface area (Å²) in [5.41, 5.74) is 2.76. The number of hydrogen-bond acceptors (Lipinski definition) is 3. The van der Waals surface area contributed by atoms with E-state index >= 15 is 0 Å². The third kappa shape index (κ3) is 2.40. The number of benzene rings is 1. The molecule has 1 heterocycles. The molecule has 2 rings (SSSR count). The predicted octanol–water partition coefficient (Wildman–Crippen LogP) is 2.22. The normalized spacial score (nSPS) is 12.7. The molecule has 0 saturated heterocycles. The summed E-state index contributed by atoms with van der Waals surface area (Å²) in [5.74, 6) is 0. The van der Waals surface area contributed by atoms with E-state index in [0.29, 0.717) is 10.3 Å². The van der Waals surface area contributed by atoms with E-state index in [2.05, 4.69) is 33.2 Å². The first-order chi connectivity index (χ1) is 8.13. The summed E-state index contributed by atoms with van der Waals surface area (Å²) in [5, 5.41) is 18.0. The van der Waals surface area contributed by atoms with Crippen molar-refractivity contribution in [1.82, 2.24) is 15.0 Å². The molecule has 0 saturated carbocycles. The molecular formula is C12H14BrN3O. The number of aliphatic hydroxyl groups is 1. The van der Waals surface area contributed by atoms with Gasteiger partial charge in [0.1, 0.15) is 11.8 Å². The number of nitrogens with zero attached hydrogens (tertiary/aromatic N) is 3. The summed E-state index contributed by atoms with van der Waals surface area (Å²) in [4.78, 5) is 0. The van der Waals surface area contributed by atoms with Crippen LogP contribution in [-0.4, -0.2) is 20.1 Å². The van der Waals surface area contributed by atoms with Gasteiger partial charge in [-0.1, -0.05) is 36.4 Å². The van der Waals surface area contributed by atoms with Crippen LogP contribution in [0.15, 0.2) is 28.9 Å². The molecule has 1 aromatic heterocycles. The van der Waals surface area contributed by atoms with Crippen LogP contribution in [0, 0.1) is 0 Å². The Morgan fingerprint density at radius 2 is 2.00 bits per heavy atom. The lowest BCUT2D eigenvalue weighted by Crippen LogP contribution is -2.07. The summed E-state index contributed by atoms with van der Waals surface area (Å²) in [6, 6.07) is 7.92. The molecule has 1 aromatic carbocycles. The smallest absolute Gasteiger partial charge is 0.154 e. The SMILES string of the molecule is CCc1ccc(C(O)c2c(Br)nnn2C)cc1. The Morgan fingerprint density at radius 3 is 2.47 bits per heavy atom. The van der Waals surface area contributed by atoms with Crippen molar-refractivity contribution < 1.29 is 5.11 Å². The van der Waals surface area contributed by atoms with Crippen molar-refractivity contribution in [3.63, 3.8) is 0 Å². The highest BCUT2D eigenvalue weighted by Gasteiger charge is 2.19. The first-order valence-electron chi connectivity index (χ1n) is 5.45. The molecule has 4 nitrogen and oxygen atoms in total. The van der Waals surface area contributed by atoms with Crippen molar-refractivity contribution in [2.45, 2.75) is 19.4 Å². The second kappa shape index (κ2) is 4.98. The zero-order valence-electron chi connectivity index (χ0n) is 9.76. The summed E-state index contributed by atoms with van der Waals surface area (Å²) >= 11 is 3.29. The van der Waals surface area contributed by atoms with Crippen molar-refractivity contribution in [1.29, 1.82) is 0 Å². The van der Waals surface area contributed by atoms with Crippen molar-refractivity contribution in [2.24, 2.45) is 7.05 Å². The number of aryl methyl sites for hydroxylation is 2. The molecule has 0 amide bonds. The fourth-order valence-corrected chi connectivity index (χ4v) is 2.27. The van der Waals surface area contributed by atoms with Crippen LogP contribution in [-0.2, 0) is 13.5 Å². The van der Waals surface area contributed by atoms with Gasteiger partial charge in [0.25, 0.3) is 0 Å². The van der Waals surface area contributed by atoms with Crippen LogP contribution >= 0.6 is 15.9 Å². The van der Waals surface area contributed by atoms with E-state index in [1.54, 1.807) is 11.7 Å². The zero-order chi connectivity index (χ0) is 12.4. The fraction of sp³-hybridized carbons (Fsp3) is 0.333. The van der Waals surface area contributed by atoms with Gasteiger partial charge in [-0.05, 0) is 33.5 Å². The van der Waals surface area contributed by atoms with Crippen molar-refractivity contribution in [3.8, 4) is 0 Å². The molecule has 0 aliphatic heterocycles. The highest BCUT2D eigenvalue weighted by Crippen LogP contribution is 2.26. The Labute approximate surface area is 108 Å². The second-order valence-corrected chi connectivity index (χ2v) is 4.64. The number of aromatic nitrogens is 3. The Hall–Kier alpha value is -1.20. The fourth-order valence-electron chi connectivity index (χ4n) is 1.72. The first kappa shape index (κ1) is 12.3. The molecule has 1 unspecified atom stereocenters. The minimum Gasteiger partial charge on any atom is -0.382 e. The topological polar surface area (TPSA) is 50.9 Å². The van der Waals surface area contributed by atoms with Gasteiger partial charge in [-0.25, -0.2) is 4.68 Å². The van der Waals surface area contributed by atoms with E-state index in [-0.39, 0.29) is 0 Å². The van der Waals surface area contributed by atoms with E-state index in [0.717, 1.165) is 12.0 Å². The van der Waals surface area contributed by atoms with Gasteiger partial charge in [-0.2, -0.15) is 0 Å². The maximum atomic E-state index is 10.3. The Kier molecular flexibility index (Phi) is 3.59. The van der Waals surface area contributed by atoms with Crippen LogP contribution < -0.4 is 0 Å². The highest BCUT2D eigenvalue weighted by atomic mass is 79.9. The minimum absolute atomic E-state index is 0.576. The predicted molar refractivity (Wildman–Crippen MR) is 68.6 cm³/mol. The van der Waals surface area contributed by atoms with Gasteiger partial charge >= 0.3 is 0 Å². The maximum absolute atomic E-state index is 10.3. The molecule has 1 N–H and O–H groups in total. The van der Waals surface area contributed by atoms with E-state index < -0.39 is 6.10 Å². The summed E-state index contributed by atoms with van der Waals surface area (Å²) < 4.78 is 2.15. The standard InChI is InChI=1S/C12H14BrN3O/c1-3-8-4-6-9(7-5-8)11(17)10-12(13)14-15-16(10)2/h4-7,11,17H,3H2,1-2H3. The number of rotatable bonds is 3. The van der Waals surface area contributed by atoms with E-state index in [1.165, 1.54) is 5.56 Å². The summed E-state index contributed by atoms with van der Waals surface area (Å²) in [6.07, 6.45) is 0.281. The molecule has 5 heteroatoms. The molecule has 2 aromatic rings. The van der Waals surface area contributed by atoms with Crippen molar-refractivity contribution >= 4 is 15.9 Å². The maximum Gasteiger partial charge on any atom is 0.154 e. The minimum atomic E-state index is -0.713. The monoisotopic (exact) mass is 295 g/mol. The van der Waals surface area contributed by atoms with Crippen molar-refractivity contribution in [2.75, 3.05) is 0 Å². The summed E-state index contributed by atoms with van der Waals surface area (Å²) in [7, 11) is 1.76.